The highest BCUT2D eigenvalue weighted by atomic mass is 16.1. The quantitative estimate of drug-likeness (QED) is 0.733. The number of rotatable bonds is 4. The third-order valence-corrected chi connectivity index (χ3v) is 2.25. The van der Waals surface area contributed by atoms with E-state index in [-0.39, 0.29) is 6.04 Å². The van der Waals surface area contributed by atoms with Crippen LogP contribution in [-0.2, 0) is 0 Å². The summed E-state index contributed by atoms with van der Waals surface area (Å²) in [6.07, 6.45) is 3.10. The molecule has 1 aliphatic rings. The lowest BCUT2D eigenvalue weighted by molar-refractivity contribution is 0.110. The van der Waals surface area contributed by atoms with Crippen LogP contribution in [0.5, 0.6) is 0 Å². The molecular weight excluding hydrogens is 180 g/mol. The van der Waals surface area contributed by atoms with Crippen LogP contribution in [0.4, 0.5) is 5.95 Å². The van der Waals surface area contributed by atoms with Crippen LogP contribution in [0.2, 0.25) is 0 Å². The van der Waals surface area contributed by atoms with Crippen molar-refractivity contribution in [1.82, 2.24) is 14.8 Å². The second kappa shape index (κ2) is 3.40. The number of hydrogen-bond acceptors (Lipinski definition) is 4. The Bertz CT molecular complexity index is 341. The molecule has 1 heterocycles. The fourth-order valence-corrected chi connectivity index (χ4v) is 1.40. The number of nitrogens with zero attached hydrogens (tertiary/aromatic N) is 3. The maximum atomic E-state index is 10.7. The van der Waals surface area contributed by atoms with Gasteiger partial charge in [-0.15, -0.1) is 10.2 Å². The molecule has 1 N–H and O–H groups in total. The first-order valence-corrected chi connectivity index (χ1v) is 4.89. The van der Waals surface area contributed by atoms with E-state index in [1.54, 1.807) is 0 Å². The van der Waals surface area contributed by atoms with Gasteiger partial charge in [0.25, 0.3) is 0 Å². The van der Waals surface area contributed by atoms with Crippen molar-refractivity contribution in [2.24, 2.45) is 0 Å². The predicted octanol–water partition coefficient (Wildman–Crippen LogP) is 1.25. The summed E-state index contributed by atoms with van der Waals surface area (Å²) in [6, 6.07) is 0.725. The molecule has 0 aliphatic heterocycles. The molecule has 0 spiro atoms. The van der Waals surface area contributed by atoms with Gasteiger partial charge in [-0.1, -0.05) is 0 Å². The normalized spacial score (nSPS) is 15.9. The summed E-state index contributed by atoms with van der Waals surface area (Å²) in [4.78, 5) is 10.7. The van der Waals surface area contributed by atoms with E-state index in [2.05, 4.69) is 15.5 Å². The smallest absolute Gasteiger partial charge is 0.225 e. The fraction of sp³-hybridized carbons (Fsp3) is 0.667. The second-order valence-corrected chi connectivity index (χ2v) is 3.88. The van der Waals surface area contributed by atoms with Crippen LogP contribution in [0, 0.1) is 0 Å². The van der Waals surface area contributed by atoms with Gasteiger partial charge in [-0.2, -0.15) is 0 Å². The molecule has 0 atom stereocenters. The molecule has 0 unspecified atom stereocenters. The molecule has 1 saturated carbocycles. The van der Waals surface area contributed by atoms with Crippen LogP contribution in [-0.4, -0.2) is 27.1 Å². The lowest BCUT2D eigenvalue weighted by atomic mass is 10.4. The van der Waals surface area contributed by atoms with Gasteiger partial charge in [0.15, 0.2) is 12.1 Å². The zero-order valence-corrected chi connectivity index (χ0v) is 8.40. The Balaban J connectivity index is 2.27. The molecule has 0 bridgehead atoms. The largest absolute Gasteiger partial charge is 0.352 e. The third-order valence-electron chi connectivity index (χ3n) is 2.25. The standard InChI is InChI=1S/C9H14N4O/c1-6(2)13-8(5-14)11-12-9(13)10-7-3-4-7/h5-7H,3-4H2,1-2H3,(H,10,12). The van der Waals surface area contributed by atoms with Crippen molar-refractivity contribution in [1.29, 1.82) is 0 Å². The highest BCUT2D eigenvalue weighted by Crippen LogP contribution is 2.25. The third kappa shape index (κ3) is 1.62. The summed E-state index contributed by atoms with van der Waals surface area (Å²) in [5.74, 6) is 1.10. The molecule has 1 fully saturated rings. The number of anilines is 1. The van der Waals surface area contributed by atoms with E-state index in [1.165, 1.54) is 12.8 Å². The molecule has 5 heteroatoms. The molecule has 5 nitrogen and oxygen atoms in total. The van der Waals surface area contributed by atoms with E-state index in [4.69, 9.17) is 0 Å². The average molecular weight is 194 g/mol. The predicted molar refractivity (Wildman–Crippen MR) is 52.4 cm³/mol. The van der Waals surface area contributed by atoms with Crippen molar-refractivity contribution in [2.75, 3.05) is 5.32 Å². The molecule has 76 valence electrons. The number of hydrogen-bond donors (Lipinski definition) is 1. The van der Waals surface area contributed by atoms with Gasteiger partial charge in [0, 0.05) is 12.1 Å². The molecule has 0 amide bonds. The molecule has 14 heavy (non-hydrogen) atoms. The first-order chi connectivity index (χ1) is 6.72. The zero-order valence-electron chi connectivity index (χ0n) is 8.40. The van der Waals surface area contributed by atoms with E-state index in [0.29, 0.717) is 17.8 Å². The Morgan fingerprint density at radius 2 is 2.21 bits per heavy atom. The van der Waals surface area contributed by atoms with E-state index < -0.39 is 0 Å². The maximum Gasteiger partial charge on any atom is 0.225 e. The summed E-state index contributed by atoms with van der Waals surface area (Å²) < 4.78 is 1.82. The Morgan fingerprint density at radius 3 is 2.71 bits per heavy atom. The summed E-state index contributed by atoms with van der Waals surface area (Å²) in [5, 5.41) is 11.0. The summed E-state index contributed by atoms with van der Waals surface area (Å²) >= 11 is 0. The lowest BCUT2D eigenvalue weighted by Gasteiger charge is -2.12. The van der Waals surface area contributed by atoms with Crippen molar-refractivity contribution in [3.8, 4) is 0 Å². The van der Waals surface area contributed by atoms with Crippen LogP contribution in [0.3, 0.4) is 0 Å². The first kappa shape index (κ1) is 9.18. The van der Waals surface area contributed by atoms with E-state index in [1.807, 2.05) is 18.4 Å². The minimum atomic E-state index is 0.200. The van der Waals surface area contributed by atoms with Crippen LogP contribution in [0.25, 0.3) is 0 Å². The Labute approximate surface area is 82.5 Å². The zero-order chi connectivity index (χ0) is 10.1. The van der Waals surface area contributed by atoms with Crippen LogP contribution < -0.4 is 5.32 Å². The maximum absolute atomic E-state index is 10.7. The summed E-state index contributed by atoms with van der Waals surface area (Å²) in [7, 11) is 0. The number of carbonyl (C=O) groups excluding carboxylic acids is 1. The van der Waals surface area contributed by atoms with Crippen molar-refractivity contribution >= 4 is 12.2 Å². The molecule has 0 radical (unpaired) electrons. The van der Waals surface area contributed by atoms with Gasteiger partial charge in [0.05, 0.1) is 0 Å². The van der Waals surface area contributed by atoms with Crippen molar-refractivity contribution in [3.63, 3.8) is 0 Å². The van der Waals surface area contributed by atoms with Gasteiger partial charge in [0.1, 0.15) is 0 Å². The highest BCUT2D eigenvalue weighted by Gasteiger charge is 2.24. The lowest BCUT2D eigenvalue weighted by Crippen LogP contribution is -2.12. The molecular formula is C9H14N4O. The van der Waals surface area contributed by atoms with Gasteiger partial charge in [-0.3, -0.25) is 9.36 Å². The Morgan fingerprint density at radius 1 is 1.50 bits per heavy atom. The summed E-state index contributed by atoms with van der Waals surface area (Å²) in [6.45, 7) is 4.02. The number of aldehydes is 1. The van der Waals surface area contributed by atoms with Crippen LogP contribution in [0.1, 0.15) is 43.3 Å². The fourth-order valence-electron chi connectivity index (χ4n) is 1.40. The first-order valence-electron chi connectivity index (χ1n) is 4.89. The van der Waals surface area contributed by atoms with Crippen molar-refractivity contribution < 1.29 is 4.79 Å². The highest BCUT2D eigenvalue weighted by molar-refractivity contribution is 5.70. The van der Waals surface area contributed by atoms with Crippen molar-refractivity contribution in [3.05, 3.63) is 5.82 Å². The van der Waals surface area contributed by atoms with E-state index >= 15 is 0 Å². The topological polar surface area (TPSA) is 59.8 Å². The average Bonchev–Trinajstić information content (AvgIpc) is 2.83. The van der Waals surface area contributed by atoms with Gasteiger partial charge in [0.2, 0.25) is 5.95 Å². The number of nitrogens with one attached hydrogen (secondary N) is 1. The van der Waals surface area contributed by atoms with Gasteiger partial charge in [-0.25, -0.2) is 0 Å². The van der Waals surface area contributed by atoms with Gasteiger partial charge < -0.3 is 5.32 Å². The SMILES string of the molecule is CC(C)n1c(C=O)nnc1NC1CC1. The minimum Gasteiger partial charge on any atom is -0.352 e. The Hall–Kier alpha value is -1.39. The molecule has 1 aliphatic carbocycles. The molecule has 1 aromatic heterocycles. The number of aromatic nitrogens is 3. The van der Waals surface area contributed by atoms with Gasteiger partial charge in [-0.05, 0) is 26.7 Å². The van der Waals surface area contributed by atoms with E-state index in [0.717, 1.165) is 6.29 Å². The second-order valence-electron chi connectivity index (χ2n) is 3.88. The van der Waals surface area contributed by atoms with Gasteiger partial charge >= 0.3 is 0 Å². The molecule has 0 saturated heterocycles. The van der Waals surface area contributed by atoms with E-state index in [9.17, 15) is 4.79 Å². The Kier molecular flexibility index (Phi) is 2.23. The monoisotopic (exact) mass is 194 g/mol. The number of carbonyl (C=O) groups is 1. The van der Waals surface area contributed by atoms with Crippen LogP contribution in [0.15, 0.2) is 0 Å². The molecule has 0 aromatic carbocycles. The molecule has 1 aromatic rings. The summed E-state index contributed by atoms with van der Waals surface area (Å²) in [5.41, 5.74) is 0. The minimum absolute atomic E-state index is 0.200. The van der Waals surface area contributed by atoms with Crippen LogP contribution >= 0.6 is 0 Å². The molecule has 2 rings (SSSR count). The van der Waals surface area contributed by atoms with Crippen molar-refractivity contribution in [2.45, 2.75) is 38.8 Å².